The van der Waals surface area contributed by atoms with Gasteiger partial charge in [-0.15, -0.1) is 11.3 Å². The molecule has 3 amide bonds. The third-order valence-electron chi connectivity index (χ3n) is 4.75. The number of para-hydroxylation sites is 1. The van der Waals surface area contributed by atoms with E-state index in [0.29, 0.717) is 29.5 Å². The first-order valence-electron chi connectivity index (χ1n) is 9.89. The number of rotatable bonds is 8. The Hall–Kier alpha value is -3.23. The van der Waals surface area contributed by atoms with E-state index < -0.39 is 0 Å². The van der Waals surface area contributed by atoms with Crippen LogP contribution in [0.25, 0.3) is 0 Å². The van der Waals surface area contributed by atoms with E-state index in [4.69, 9.17) is 4.74 Å². The predicted octanol–water partition coefficient (Wildman–Crippen LogP) is 4.69. The molecular weight excluding hydrogens is 412 g/mol. The molecule has 162 valence electrons. The van der Waals surface area contributed by atoms with Crippen LogP contribution in [0, 0.1) is 13.8 Å². The van der Waals surface area contributed by atoms with Gasteiger partial charge in [-0.1, -0.05) is 24.3 Å². The highest BCUT2D eigenvalue weighted by Crippen LogP contribution is 2.18. The zero-order chi connectivity index (χ0) is 22.2. The number of benzene rings is 2. The van der Waals surface area contributed by atoms with Crippen LogP contribution in [0.3, 0.4) is 0 Å². The van der Waals surface area contributed by atoms with Gasteiger partial charge in [0.05, 0.1) is 13.2 Å². The van der Waals surface area contributed by atoms with Gasteiger partial charge in [-0.25, -0.2) is 9.78 Å². The number of carbonyl (C=O) groups excluding carboxylic acids is 2. The lowest BCUT2D eigenvalue weighted by molar-refractivity contribution is 0.102. The maximum atomic E-state index is 12.7. The van der Waals surface area contributed by atoms with Crippen LogP contribution in [0.1, 0.15) is 26.6 Å². The summed E-state index contributed by atoms with van der Waals surface area (Å²) in [4.78, 5) is 31.3. The number of aromatic nitrogens is 1. The van der Waals surface area contributed by atoms with E-state index in [1.807, 2.05) is 62.4 Å². The fourth-order valence-corrected chi connectivity index (χ4v) is 3.63. The van der Waals surface area contributed by atoms with Crippen LogP contribution in [0.4, 0.5) is 16.2 Å². The summed E-state index contributed by atoms with van der Waals surface area (Å²) in [5, 5.41) is 8.12. The highest BCUT2D eigenvalue weighted by atomic mass is 32.1. The van der Waals surface area contributed by atoms with Gasteiger partial charge < -0.3 is 20.3 Å². The molecule has 0 unspecified atom stereocenters. The van der Waals surface area contributed by atoms with E-state index in [1.165, 1.54) is 16.9 Å². The Labute approximate surface area is 186 Å². The molecule has 2 aromatic carbocycles. The number of anilines is 2. The van der Waals surface area contributed by atoms with Crippen molar-refractivity contribution in [3.8, 4) is 0 Å². The van der Waals surface area contributed by atoms with E-state index >= 15 is 0 Å². The Kier molecular flexibility index (Phi) is 7.75. The SMILES string of the molecule is COCCN(Cc1nc(C(=O)Nc2ccc(C)c(C)c2)cs1)C(=O)Nc1ccccc1. The average molecular weight is 439 g/mol. The number of amides is 3. The van der Waals surface area contributed by atoms with Gasteiger partial charge in [0.2, 0.25) is 0 Å². The number of thiazole rings is 1. The Morgan fingerprint density at radius 3 is 2.52 bits per heavy atom. The fourth-order valence-electron chi connectivity index (χ4n) is 2.84. The number of ether oxygens (including phenoxy) is 1. The average Bonchev–Trinajstić information content (AvgIpc) is 3.23. The van der Waals surface area contributed by atoms with Gasteiger partial charge in [0.15, 0.2) is 0 Å². The van der Waals surface area contributed by atoms with E-state index in [9.17, 15) is 9.59 Å². The van der Waals surface area contributed by atoms with E-state index in [-0.39, 0.29) is 18.5 Å². The molecule has 0 bridgehead atoms. The van der Waals surface area contributed by atoms with Crippen LogP contribution in [-0.2, 0) is 11.3 Å². The summed E-state index contributed by atoms with van der Waals surface area (Å²) in [6.45, 7) is 5.11. The summed E-state index contributed by atoms with van der Waals surface area (Å²) in [6.07, 6.45) is 0. The van der Waals surface area contributed by atoms with Gasteiger partial charge in [0.1, 0.15) is 10.7 Å². The molecule has 7 nitrogen and oxygen atoms in total. The number of nitrogens with zero attached hydrogens (tertiary/aromatic N) is 2. The zero-order valence-electron chi connectivity index (χ0n) is 17.8. The van der Waals surface area contributed by atoms with Crippen molar-refractivity contribution in [2.75, 3.05) is 30.9 Å². The van der Waals surface area contributed by atoms with Crippen molar-refractivity contribution in [1.82, 2.24) is 9.88 Å². The first kappa shape index (κ1) is 22.5. The summed E-state index contributed by atoms with van der Waals surface area (Å²) in [7, 11) is 1.59. The lowest BCUT2D eigenvalue weighted by Gasteiger charge is -2.21. The summed E-state index contributed by atoms with van der Waals surface area (Å²) in [5.41, 5.74) is 4.04. The molecule has 0 aliphatic carbocycles. The molecule has 0 atom stereocenters. The Morgan fingerprint density at radius 2 is 1.81 bits per heavy atom. The van der Waals surface area contributed by atoms with E-state index in [0.717, 1.165) is 11.3 Å². The van der Waals surface area contributed by atoms with Crippen LogP contribution in [0.15, 0.2) is 53.9 Å². The van der Waals surface area contributed by atoms with E-state index in [1.54, 1.807) is 17.4 Å². The van der Waals surface area contributed by atoms with Gasteiger partial charge in [-0.3, -0.25) is 4.79 Å². The lowest BCUT2D eigenvalue weighted by Crippen LogP contribution is -2.36. The standard InChI is InChI=1S/C23H26N4O3S/c1-16-9-10-19(13-17(16)2)24-22(28)20-15-31-21(26-20)14-27(11-12-30-3)23(29)25-18-7-5-4-6-8-18/h4-10,13,15H,11-12,14H2,1-3H3,(H,24,28)(H,25,29). The minimum atomic E-state index is -0.275. The smallest absolute Gasteiger partial charge is 0.322 e. The molecular formula is C23H26N4O3S. The molecule has 0 radical (unpaired) electrons. The van der Waals surface area contributed by atoms with Crippen molar-refractivity contribution in [2.45, 2.75) is 20.4 Å². The molecule has 0 spiro atoms. The molecule has 0 aliphatic rings. The number of aryl methyl sites for hydroxylation is 2. The van der Waals surface area contributed by atoms with Crippen LogP contribution >= 0.6 is 11.3 Å². The summed E-state index contributed by atoms with van der Waals surface area (Å²) in [5.74, 6) is -0.275. The van der Waals surface area contributed by atoms with Gasteiger partial charge in [0, 0.05) is 30.4 Å². The molecule has 1 aromatic heterocycles. The Bertz CT molecular complexity index is 1040. The van der Waals surface area contributed by atoms with Crippen LogP contribution < -0.4 is 10.6 Å². The third kappa shape index (κ3) is 6.37. The molecule has 31 heavy (non-hydrogen) atoms. The predicted molar refractivity (Wildman–Crippen MR) is 124 cm³/mol. The number of hydrogen-bond donors (Lipinski definition) is 2. The van der Waals surface area contributed by atoms with E-state index in [2.05, 4.69) is 15.6 Å². The molecule has 0 fully saturated rings. The molecule has 3 aromatic rings. The highest BCUT2D eigenvalue weighted by molar-refractivity contribution is 7.09. The maximum Gasteiger partial charge on any atom is 0.322 e. The van der Waals surface area contributed by atoms with Crippen molar-refractivity contribution in [3.05, 3.63) is 75.7 Å². The number of methoxy groups -OCH3 is 1. The number of urea groups is 1. The Morgan fingerprint density at radius 1 is 1.03 bits per heavy atom. The Balaban J connectivity index is 1.66. The summed E-state index contributed by atoms with van der Waals surface area (Å²) >= 11 is 1.35. The number of carbonyl (C=O) groups is 2. The quantitative estimate of drug-likeness (QED) is 0.534. The van der Waals surface area contributed by atoms with Crippen molar-refractivity contribution < 1.29 is 14.3 Å². The second kappa shape index (κ2) is 10.7. The summed E-state index contributed by atoms with van der Waals surface area (Å²) < 4.78 is 5.14. The minimum Gasteiger partial charge on any atom is -0.383 e. The first-order valence-corrected chi connectivity index (χ1v) is 10.8. The maximum absolute atomic E-state index is 12.7. The molecule has 3 rings (SSSR count). The monoisotopic (exact) mass is 438 g/mol. The zero-order valence-corrected chi connectivity index (χ0v) is 18.7. The van der Waals surface area contributed by atoms with Crippen LogP contribution in [0.5, 0.6) is 0 Å². The van der Waals surface area contributed by atoms with Gasteiger partial charge in [-0.05, 0) is 49.2 Å². The van der Waals surface area contributed by atoms with Gasteiger partial charge >= 0.3 is 6.03 Å². The van der Waals surface area contributed by atoms with Crippen molar-refractivity contribution >= 4 is 34.6 Å². The second-order valence-corrected chi connectivity index (χ2v) is 8.03. The van der Waals surface area contributed by atoms with Crippen LogP contribution in [-0.4, -0.2) is 42.1 Å². The van der Waals surface area contributed by atoms with Crippen LogP contribution in [0.2, 0.25) is 0 Å². The molecule has 0 saturated heterocycles. The lowest BCUT2D eigenvalue weighted by atomic mass is 10.1. The topological polar surface area (TPSA) is 83.6 Å². The molecule has 0 aliphatic heterocycles. The van der Waals surface area contributed by atoms with Crippen molar-refractivity contribution in [1.29, 1.82) is 0 Å². The normalized spacial score (nSPS) is 10.5. The third-order valence-corrected chi connectivity index (χ3v) is 5.59. The largest absolute Gasteiger partial charge is 0.383 e. The number of hydrogen-bond acceptors (Lipinski definition) is 5. The molecule has 0 saturated carbocycles. The van der Waals surface area contributed by atoms with Gasteiger partial charge in [-0.2, -0.15) is 0 Å². The first-order chi connectivity index (χ1) is 15.0. The molecule has 1 heterocycles. The molecule has 2 N–H and O–H groups in total. The second-order valence-electron chi connectivity index (χ2n) is 7.09. The summed E-state index contributed by atoms with van der Waals surface area (Å²) in [6, 6.07) is 14.8. The van der Waals surface area contributed by atoms with Crippen molar-refractivity contribution in [3.63, 3.8) is 0 Å². The highest BCUT2D eigenvalue weighted by Gasteiger charge is 2.18. The minimum absolute atomic E-state index is 0.250. The fraction of sp³-hybridized carbons (Fsp3) is 0.261. The molecule has 8 heteroatoms. The van der Waals surface area contributed by atoms with Gasteiger partial charge in [0.25, 0.3) is 5.91 Å². The van der Waals surface area contributed by atoms with Crippen molar-refractivity contribution in [2.24, 2.45) is 0 Å². The number of nitrogens with one attached hydrogen (secondary N) is 2.